The maximum absolute atomic E-state index is 14.0. The molecule has 0 radical (unpaired) electrons. The van der Waals surface area contributed by atoms with E-state index in [9.17, 15) is 4.39 Å². The molecule has 1 aliphatic rings. The third kappa shape index (κ3) is 1.74. The van der Waals surface area contributed by atoms with E-state index >= 15 is 0 Å². The predicted octanol–water partition coefficient (Wildman–Crippen LogP) is 3.42. The molecule has 1 aliphatic carbocycles. The normalized spacial score (nSPS) is 19.6. The lowest BCUT2D eigenvalue weighted by Crippen LogP contribution is -2.32. The first kappa shape index (κ1) is 11.9. The molecule has 2 rings (SSSR count). The molecule has 1 fully saturated rings. The first-order valence-electron chi connectivity index (χ1n) is 5.75. The fourth-order valence-corrected chi connectivity index (χ4v) is 2.56. The van der Waals surface area contributed by atoms with Crippen molar-refractivity contribution in [2.24, 2.45) is 5.73 Å². The maximum Gasteiger partial charge on any atom is 0.145 e. The van der Waals surface area contributed by atoms with Crippen LogP contribution in [-0.4, -0.2) is 6.04 Å². The Labute approximate surface area is 101 Å². The Bertz CT molecular complexity index is 411. The molecule has 0 spiro atoms. The molecule has 88 valence electrons. The van der Waals surface area contributed by atoms with Crippen molar-refractivity contribution >= 4 is 11.6 Å². The summed E-state index contributed by atoms with van der Waals surface area (Å²) in [6, 6.07) is 3.61. The van der Waals surface area contributed by atoms with Gasteiger partial charge in [0, 0.05) is 11.5 Å². The number of hydrogen-bond acceptors (Lipinski definition) is 1. The van der Waals surface area contributed by atoms with Gasteiger partial charge >= 0.3 is 0 Å². The molecule has 1 nitrogen and oxygen atoms in total. The Balaban J connectivity index is 2.52. The van der Waals surface area contributed by atoms with Crippen LogP contribution in [0.15, 0.2) is 12.1 Å². The number of hydrogen-bond donors (Lipinski definition) is 1. The van der Waals surface area contributed by atoms with Crippen LogP contribution in [0.5, 0.6) is 0 Å². The third-order valence-electron chi connectivity index (χ3n) is 3.69. The highest BCUT2D eigenvalue weighted by Crippen LogP contribution is 2.52. The zero-order valence-corrected chi connectivity index (χ0v) is 10.4. The maximum atomic E-state index is 14.0. The minimum atomic E-state index is -0.284. The highest BCUT2D eigenvalue weighted by atomic mass is 35.5. The molecule has 1 unspecified atom stereocenters. The van der Waals surface area contributed by atoms with Crippen LogP contribution in [0, 0.1) is 5.82 Å². The molecule has 16 heavy (non-hydrogen) atoms. The van der Waals surface area contributed by atoms with Crippen LogP contribution in [0.25, 0.3) is 0 Å². The predicted molar refractivity (Wildman–Crippen MR) is 65.3 cm³/mol. The zero-order valence-electron chi connectivity index (χ0n) is 9.69. The van der Waals surface area contributed by atoms with Gasteiger partial charge < -0.3 is 5.73 Å². The van der Waals surface area contributed by atoms with Crippen LogP contribution in [0.2, 0.25) is 5.02 Å². The number of halogens is 2. The zero-order chi connectivity index (χ0) is 11.9. The van der Waals surface area contributed by atoms with Gasteiger partial charge in [-0.15, -0.1) is 0 Å². The van der Waals surface area contributed by atoms with E-state index in [-0.39, 0.29) is 22.3 Å². The summed E-state index contributed by atoms with van der Waals surface area (Å²) in [6.07, 6.45) is 2.79. The molecule has 0 amide bonds. The van der Waals surface area contributed by atoms with E-state index in [1.54, 1.807) is 6.07 Å². The van der Waals surface area contributed by atoms with Gasteiger partial charge in [-0.1, -0.05) is 24.6 Å². The Morgan fingerprint density at radius 1 is 1.50 bits per heavy atom. The summed E-state index contributed by atoms with van der Waals surface area (Å²) in [5.41, 5.74) is 7.59. The van der Waals surface area contributed by atoms with Gasteiger partial charge in [-0.2, -0.15) is 0 Å². The number of aryl methyl sites for hydroxylation is 1. The molecular weight excluding hydrogens is 225 g/mol. The first-order valence-corrected chi connectivity index (χ1v) is 6.13. The Morgan fingerprint density at radius 3 is 2.56 bits per heavy atom. The van der Waals surface area contributed by atoms with Crippen molar-refractivity contribution in [2.45, 2.75) is 44.6 Å². The number of rotatable bonds is 3. The number of nitrogens with two attached hydrogens (primary N) is 1. The quantitative estimate of drug-likeness (QED) is 0.862. The standard InChI is InChI=1S/C13H17ClFN/c1-3-9-6-10(12(15)11(14)7-9)13(4-5-13)8(2)16/h6-8H,3-5,16H2,1-2H3. The molecule has 2 N–H and O–H groups in total. The van der Waals surface area contributed by atoms with Crippen LogP contribution in [-0.2, 0) is 11.8 Å². The topological polar surface area (TPSA) is 26.0 Å². The molecule has 0 heterocycles. The second kappa shape index (κ2) is 4.01. The van der Waals surface area contributed by atoms with Crippen LogP contribution in [0.3, 0.4) is 0 Å². The molecule has 1 aromatic rings. The lowest BCUT2D eigenvalue weighted by Gasteiger charge is -2.22. The summed E-state index contributed by atoms with van der Waals surface area (Å²) < 4.78 is 14.0. The van der Waals surface area contributed by atoms with Gasteiger partial charge in [-0.25, -0.2) is 4.39 Å². The summed E-state index contributed by atoms with van der Waals surface area (Å²) >= 11 is 5.92. The van der Waals surface area contributed by atoms with E-state index in [4.69, 9.17) is 17.3 Å². The Hall–Kier alpha value is -0.600. The van der Waals surface area contributed by atoms with Crippen LogP contribution in [0.4, 0.5) is 4.39 Å². The van der Waals surface area contributed by atoms with Gasteiger partial charge in [0.1, 0.15) is 5.82 Å². The van der Waals surface area contributed by atoms with Gasteiger partial charge in [0.15, 0.2) is 0 Å². The van der Waals surface area contributed by atoms with Crippen molar-refractivity contribution in [1.29, 1.82) is 0 Å². The van der Waals surface area contributed by atoms with Crippen molar-refractivity contribution in [3.8, 4) is 0 Å². The fraction of sp³-hybridized carbons (Fsp3) is 0.538. The van der Waals surface area contributed by atoms with Crippen LogP contribution >= 0.6 is 11.6 Å². The second-order valence-corrected chi connectivity index (χ2v) is 5.14. The van der Waals surface area contributed by atoms with Gasteiger partial charge in [0.2, 0.25) is 0 Å². The lowest BCUT2D eigenvalue weighted by molar-refractivity contribution is 0.511. The Morgan fingerprint density at radius 2 is 2.12 bits per heavy atom. The minimum Gasteiger partial charge on any atom is -0.327 e. The second-order valence-electron chi connectivity index (χ2n) is 4.74. The van der Waals surface area contributed by atoms with E-state index in [0.29, 0.717) is 5.56 Å². The van der Waals surface area contributed by atoms with Gasteiger partial charge in [0.05, 0.1) is 5.02 Å². The molecule has 1 atom stereocenters. The molecule has 0 saturated heterocycles. The molecule has 0 aliphatic heterocycles. The minimum absolute atomic E-state index is 0.0230. The summed E-state index contributed by atoms with van der Waals surface area (Å²) in [7, 11) is 0. The number of benzene rings is 1. The highest BCUT2D eigenvalue weighted by Gasteiger charge is 2.49. The fourth-order valence-electron chi connectivity index (χ4n) is 2.32. The van der Waals surface area contributed by atoms with Crippen molar-refractivity contribution in [3.05, 3.63) is 34.1 Å². The van der Waals surface area contributed by atoms with E-state index in [1.165, 1.54) is 0 Å². The summed E-state index contributed by atoms with van der Waals surface area (Å²) in [5, 5.41) is 0.223. The molecule has 3 heteroatoms. The molecule has 0 bridgehead atoms. The van der Waals surface area contributed by atoms with Crippen LogP contribution in [0.1, 0.15) is 37.8 Å². The smallest absolute Gasteiger partial charge is 0.145 e. The molecule has 1 saturated carbocycles. The SMILES string of the molecule is CCc1cc(Cl)c(F)c(C2(C(C)N)CC2)c1. The van der Waals surface area contributed by atoms with E-state index in [2.05, 4.69) is 0 Å². The summed E-state index contributed by atoms with van der Waals surface area (Å²) in [4.78, 5) is 0. The van der Waals surface area contributed by atoms with Crippen molar-refractivity contribution in [2.75, 3.05) is 0 Å². The average molecular weight is 242 g/mol. The van der Waals surface area contributed by atoms with E-state index in [0.717, 1.165) is 24.8 Å². The third-order valence-corrected chi connectivity index (χ3v) is 3.97. The van der Waals surface area contributed by atoms with Gasteiger partial charge in [-0.3, -0.25) is 0 Å². The highest BCUT2D eigenvalue weighted by molar-refractivity contribution is 6.30. The lowest BCUT2D eigenvalue weighted by atomic mass is 9.87. The van der Waals surface area contributed by atoms with Crippen LogP contribution < -0.4 is 5.73 Å². The molecular formula is C13H17ClFN. The summed E-state index contributed by atoms with van der Waals surface area (Å²) in [6.45, 7) is 3.98. The van der Waals surface area contributed by atoms with E-state index < -0.39 is 0 Å². The van der Waals surface area contributed by atoms with Gasteiger partial charge in [-0.05, 0) is 43.4 Å². The Kier molecular flexibility index (Phi) is 2.97. The molecule has 1 aromatic carbocycles. The summed E-state index contributed by atoms with van der Waals surface area (Å²) in [5.74, 6) is -0.284. The van der Waals surface area contributed by atoms with Gasteiger partial charge in [0.25, 0.3) is 0 Å². The van der Waals surface area contributed by atoms with Crippen molar-refractivity contribution < 1.29 is 4.39 Å². The van der Waals surface area contributed by atoms with Crippen molar-refractivity contribution in [3.63, 3.8) is 0 Å². The largest absolute Gasteiger partial charge is 0.327 e. The van der Waals surface area contributed by atoms with Crippen molar-refractivity contribution in [1.82, 2.24) is 0 Å². The monoisotopic (exact) mass is 241 g/mol. The molecule has 0 aromatic heterocycles. The average Bonchev–Trinajstić information content (AvgIpc) is 3.02. The first-order chi connectivity index (χ1) is 7.51. The van der Waals surface area contributed by atoms with E-state index in [1.807, 2.05) is 19.9 Å².